The van der Waals surface area contributed by atoms with Crippen molar-refractivity contribution >= 4 is 17.9 Å². The number of quaternary nitrogens is 1. The highest BCUT2D eigenvalue weighted by Crippen LogP contribution is 2.13. The molecule has 8 nitrogen and oxygen atoms in total. The van der Waals surface area contributed by atoms with Crippen LogP contribution in [0.3, 0.4) is 0 Å². The van der Waals surface area contributed by atoms with Crippen LogP contribution in [0.4, 0.5) is 0 Å². The third kappa shape index (κ3) is 39.5. The molecule has 0 aromatic heterocycles. The second-order valence-electron chi connectivity index (χ2n) is 15.9. The van der Waals surface area contributed by atoms with E-state index in [0.29, 0.717) is 19.3 Å². The van der Waals surface area contributed by atoms with Gasteiger partial charge in [0.05, 0.1) is 34.4 Å². The minimum Gasteiger partial charge on any atom is -0.477 e. The highest BCUT2D eigenvalue weighted by Gasteiger charge is 2.31. The summed E-state index contributed by atoms with van der Waals surface area (Å²) in [6.45, 7) is 4.44. The second kappa shape index (κ2) is 41.0. The standard InChI is InChI=1S/C51H83NO7/c1-6-8-10-12-14-16-18-20-22-24-25-26-28-29-31-33-35-37-39-41-49(53)58-46-47(45-57-44-43-48(51(55)56)52(3,4)5)59-50(54)42-40-38-36-34-32-30-27-23-21-19-17-15-13-11-9-7-2/h8-11,14-17,20-23,25-26,29,31,47-48H,6-7,12-13,18-19,24,27-28,30,32-46H2,1-5H3/p+1/b10-8+,11-9+,16-14+,17-15+,22-20+,23-21+,26-25+,31-29+. The molecule has 0 aliphatic rings. The van der Waals surface area contributed by atoms with Crippen LogP contribution in [0.25, 0.3) is 0 Å². The van der Waals surface area contributed by atoms with Crippen molar-refractivity contribution in [2.75, 3.05) is 41.0 Å². The van der Waals surface area contributed by atoms with E-state index in [1.165, 1.54) is 12.8 Å². The summed E-state index contributed by atoms with van der Waals surface area (Å²) in [7, 11) is 5.50. The number of aliphatic carboxylic acids is 1. The maximum atomic E-state index is 12.7. The summed E-state index contributed by atoms with van der Waals surface area (Å²) in [5.41, 5.74) is 0. The van der Waals surface area contributed by atoms with E-state index < -0.39 is 18.1 Å². The van der Waals surface area contributed by atoms with E-state index in [1.807, 2.05) is 21.1 Å². The Balaban J connectivity index is 4.43. The van der Waals surface area contributed by atoms with Gasteiger partial charge >= 0.3 is 17.9 Å². The summed E-state index contributed by atoms with van der Waals surface area (Å²) in [5, 5.41) is 9.63. The Morgan fingerprint density at radius 1 is 0.508 bits per heavy atom. The molecule has 0 rings (SSSR count). The van der Waals surface area contributed by atoms with Crippen molar-refractivity contribution in [3.05, 3.63) is 97.2 Å². The van der Waals surface area contributed by atoms with Gasteiger partial charge in [-0.2, -0.15) is 0 Å². The minimum atomic E-state index is -0.887. The SMILES string of the molecule is CC/C=C/C/C=C/C/C=C/C/C=C/C/C=C/CCCCCC(=O)OCC(COCCC(C(=O)O)[N+](C)(C)C)OC(=O)CCCCCCCC/C=C/C/C=C/C/C=C/CC. The number of esters is 2. The van der Waals surface area contributed by atoms with Crippen molar-refractivity contribution in [1.29, 1.82) is 0 Å². The third-order valence-electron chi connectivity index (χ3n) is 9.48. The molecule has 2 atom stereocenters. The van der Waals surface area contributed by atoms with Gasteiger partial charge in [0.25, 0.3) is 0 Å². The third-order valence-corrected chi connectivity index (χ3v) is 9.48. The summed E-state index contributed by atoms with van der Waals surface area (Å²) >= 11 is 0. The fourth-order valence-electron chi connectivity index (χ4n) is 6.01. The van der Waals surface area contributed by atoms with Crippen LogP contribution in [0.2, 0.25) is 0 Å². The van der Waals surface area contributed by atoms with E-state index in [2.05, 4.69) is 111 Å². The molecule has 0 amide bonds. The molecule has 0 radical (unpaired) electrons. The summed E-state index contributed by atoms with van der Waals surface area (Å²) in [6, 6.07) is -0.628. The molecule has 2 unspecified atom stereocenters. The van der Waals surface area contributed by atoms with Gasteiger partial charge in [0.15, 0.2) is 12.1 Å². The van der Waals surface area contributed by atoms with Crippen LogP contribution < -0.4 is 0 Å². The van der Waals surface area contributed by atoms with E-state index in [-0.39, 0.29) is 36.2 Å². The number of ether oxygens (including phenoxy) is 3. The van der Waals surface area contributed by atoms with Gasteiger partial charge < -0.3 is 23.8 Å². The number of allylic oxidation sites excluding steroid dienone is 16. The molecule has 0 aromatic carbocycles. The molecular weight excluding hydrogens is 739 g/mol. The van der Waals surface area contributed by atoms with Gasteiger partial charge in [-0.1, -0.05) is 143 Å². The number of rotatable bonds is 39. The fraction of sp³-hybridized carbons (Fsp3) is 0.627. The second-order valence-corrected chi connectivity index (χ2v) is 15.9. The number of hydrogen-bond donors (Lipinski definition) is 1. The highest BCUT2D eigenvalue weighted by atomic mass is 16.6. The Bertz CT molecular complexity index is 1280. The Labute approximate surface area is 360 Å². The van der Waals surface area contributed by atoms with Crippen molar-refractivity contribution in [3.8, 4) is 0 Å². The Morgan fingerprint density at radius 3 is 1.34 bits per heavy atom. The molecule has 8 heteroatoms. The largest absolute Gasteiger partial charge is 0.477 e. The van der Waals surface area contributed by atoms with E-state index in [9.17, 15) is 19.5 Å². The molecule has 0 fully saturated rings. The van der Waals surface area contributed by atoms with Crippen molar-refractivity contribution in [2.24, 2.45) is 0 Å². The van der Waals surface area contributed by atoms with Gasteiger partial charge in [-0.3, -0.25) is 9.59 Å². The molecule has 0 spiro atoms. The topological polar surface area (TPSA) is 99.1 Å². The summed E-state index contributed by atoms with van der Waals surface area (Å²) in [4.78, 5) is 37.0. The van der Waals surface area contributed by atoms with Crippen LogP contribution in [0.15, 0.2) is 97.2 Å². The first kappa shape index (κ1) is 55.2. The maximum absolute atomic E-state index is 12.7. The molecule has 0 bridgehead atoms. The zero-order chi connectivity index (χ0) is 43.5. The lowest BCUT2D eigenvalue weighted by Gasteiger charge is -2.31. The first-order chi connectivity index (χ1) is 28.6. The summed E-state index contributed by atoms with van der Waals surface area (Å²) < 4.78 is 17.2. The Morgan fingerprint density at radius 2 is 0.898 bits per heavy atom. The molecule has 0 aromatic rings. The number of unbranched alkanes of at least 4 members (excludes halogenated alkanes) is 9. The molecule has 59 heavy (non-hydrogen) atoms. The average molecular weight is 823 g/mol. The van der Waals surface area contributed by atoms with Gasteiger partial charge in [0, 0.05) is 19.3 Å². The molecule has 334 valence electrons. The molecular formula is C51H84NO7+. The highest BCUT2D eigenvalue weighted by molar-refractivity contribution is 5.72. The number of carbonyl (C=O) groups excluding carboxylic acids is 2. The molecule has 0 saturated heterocycles. The van der Waals surface area contributed by atoms with Crippen LogP contribution in [0, 0.1) is 0 Å². The van der Waals surface area contributed by atoms with Crippen LogP contribution >= 0.6 is 0 Å². The number of carbonyl (C=O) groups is 3. The molecule has 0 aliphatic heterocycles. The first-order valence-corrected chi connectivity index (χ1v) is 22.8. The van der Waals surface area contributed by atoms with Crippen LogP contribution in [-0.2, 0) is 28.6 Å². The van der Waals surface area contributed by atoms with Gasteiger partial charge in [-0.25, -0.2) is 4.79 Å². The maximum Gasteiger partial charge on any atom is 0.362 e. The normalized spacial score (nSPS) is 13.8. The minimum absolute atomic E-state index is 0.0385. The quantitative estimate of drug-likeness (QED) is 0.0285. The molecule has 0 saturated carbocycles. The lowest BCUT2D eigenvalue weighted by atomic mass is 10.1. The zero-order valence-electron chi connectivity index (χ0n) is 37.9. The monoisotopic (exact) mass is 823 g/mol. The number of likely N-dealkylation sites (N-methyl/N-ethyl adjacent to an activating group) is 1. The zero-order valence-corrected chi connectivity index (χ0v) is 37.9. The average Bonchev–Trinajstić information content (AvgIpc) is 3.19. The Kier molecular flexibility index (Phi) is 38.4. The smallest absolute Gasteiger partial charge is 0.362 e. The fourth-order valence-corrected chi connectivity index (χ4v) is 6.01. The van der Waals surface area contributed by atoms with E-state index in [0.717, 1.165) is 109 Å². The number of nitrogens with zero attached hydrogens (tertiary/aromatic N) is 1. The first-order valence-electron chi connectivity index (χ1n) is 22.8. The van der Waals surface area contributed by atoms with Crippen LogP contribution in [0.1, 0.15) is 155 Å². The van der Waals surface area contributed by atoms with Crippen molar-refractivity contribution in [2.45, 2.75) is 167 Å². The van der Waals surface area contributed by atoms with Crippen molar-refractivity contribution in [1.82, 2.24) is 0 Å². The lowest BCUT2D eigenvalue weighted by molar-refractivity contribution is -0.887. The molecule has 1 N–H and O–H groups in total. The van der Waals surface area contributed by atoms with Gasteiger partial charge in [0.2, 0.25) is 0 Å². The summed E-state index contributed by atoms with van der Waals surface area (Å²) in [6.07, 6.45) is 54.5. The van der Waals surface area contributed by atoms with Gasteiger partial charge in [0.1, 0.15) is 6.61 Å². The number of carboxylic acids is 1. The Hall–Kier alpha value is -3.75. The molecule has 0 heterocycles. The lowest BCUT2D eigenvalue weighted by Crippen LogP contribution is -2.50. The van der Waals surface area contributed by atoms with Crippen LogP contribution in [-0.4, -0.2) is 80.6 Å². The van der Waals surface area contributed by atoms with Crippen molar-refractivity contribution < 1.29 is 38.2 Å². The van der Waals surface area contributed by atoms with Crippen molar-refractivity contribution in [3.63, 3.8) is 0 Å². The summed E-state index contributed by atoms with van der Waals surface area (Å²) in [5.74, 6) is -1.54. The van der Waals surface area contributed by atoms with Crippen LogP contribution in [0.5, 0.6) is 0 Å². The van der Waals surface area contributed by atoms with E-state index in [4.69, 9.17) is 14.2 Å². The predicted molar refractivity (Wildman–Crippen MR) is 247 cm³/mol. The number of carboxylic acid groups (broad SMARTS) is 1. The van der Waals surface area contributed by atoms with E-state index >= 15 is 0 Å². The van der Waals surface area contributed by atoms with Gasteiger partial charge in [-0.15, -0.1) is 0 Å². The predicted octanol–water partition coefficient (Wildman–Crippen LogP) is 12.7. The van der Waals surface area contributed by atoms with Gasteiger partial charge in [-0.05, 0) is 89.9 Å². The molecule has 0 aliphatic carbocycles. The number of hydrogen-bond acceptors (Lipinski definition) is 6. The van der Waals surface area contributed by atoms with E-state index in [1.54, 1.807) is 0 Å².